The number of benzene rings is 4. The van der Waals surface area contributed by atoms with Crippen molar-refractivity contribution in [1.29, 1.82) is 0 Å². The summed E-state index contributed by atoms with van der Waals surface area (Å²) in [4.78, 5) is 49.5. The van der Waals surface area contributed by atoms with Crippen LogP contribution in [0.2, 0.25) is 5.02 Å². The van der Waals surface area contributed by atoms with Crippen LogP contribution in [0, 0.1) is 10.1 Å². The van der Waals surface area contributed by atoms with E-state index in [2.05, 4.69) is 10.6 Å². The highest BCUT2D eigenvalue weighted by atomic mass is 35.5. The van der Waals surface area contributed by atoms with Crippen molar-refractivity contribution in [2.24, 2.45) is 0 Å². The summed E-state index contributed by atoms with van der Waals surface area (Å²) in [6.45, 7) is 0. The van der Waals surface area contributed by atoms with Gasteiger partial charge < -0.3 is 10.6 Å². The highest BCUT2D eigenvalue weighted by molar-refractivity contribution is 6.30. The van der Waals surface area contributed by atoms with Crippen LogP contribution >= 0.6 is 11.6 Å². The molecule has 0 atom stereocenters. The molecule has 2 N–H and O–H groups in total. The molecule has 9 heteroatoms. The summed E-state index contributed by atoms with van der Waals surface area (Å²) >= 11 is 5.88. The van der Waals surface area contributed by atoms with Crippen LogP contribution in [0.1, 0.15) is 31.8 Å². The second-order valence-corrected chi connectivity index (χ2v) is 8.91. The molecule has 0 heterocycles. The average Bonchev–Trinajstić information content (AvgIpc) is 2.97. The molecule has 0 saturated carbocycles. The van der Waals surface area contributed by atoms with E-state index in [1.54, 1.807) is 91.0 Å². The molecular weight excluding hydrogens is 530 g/mol. The Morgan fingerprint density at radius 1 is 0.775 bits per heavy atom. The number of nitrogens with zero attached hydrogens (tertiary/aromatic N) is 1. The number of nitro benzene ring substituents is 1. The van der Waals surface area contributed by atoms with Gasteiger partial charge in [-0.15, -0.1) is 0 Å². The van der Waals surface area contributed by atoms with Crippen LogP contribution in [0.3, 0.4) is 0 Å². The summed E-state index contributed by atoms with van der Waals surface area (Å²) in [6, 6.07) is 27.3. The number of hydrogen-bond acceptors (Lipinski definition) is 5. The van der Waals surface area contributed by atoms with Gasteiger partial charge in [-0.3, -0.25) is 24.5 Å². The number of carbonyl (C=O) groups is 3. The van der Waals surface area contributed by atoms with Crippen molar-refractivity contribution in [2.75, 3.05) is 5.32 Å². The summed E-state index contributed by atoms with van der Waals surface area (Å²) in [6.07, 6.45) is 4.35. The van der Waals surface area contributed by atoms with Gasteiger partial charge in [0, 0.05) is 27.9 Å². The monoisotopic (exact) mass is 551 g/mol. The van der Waals surface area contributed by atoms with Crippen LogP contribution < -0.4 is 10.6 Å². The van der Waals surface area contributed by atoms with Gasteiger partial charge in [0.25, 0.3) is 17.5 Å². The fraction of sp³-hybridized carbons (Fsp3) is 0. The molecule has 4 rings (SSSR count). The molecule has 40 heavy (non-hydrogen) atoms. The average molecular weight is 552 g/mol. The van der Waals surface area contributed by atoms with Crippen LogP contribution in [0.4, 0.5) is 11.4 Å². The lowest BCUT2D eigenvalue weighted by atomic mass is 10.1. The van der Waals surface area contributed by atoms with E-state index in [-0.39, 0.29) is 22.7 Å². The van der Waals surface area contributed by atoms with Crippen LogP contribution in [-0.4, -0.2) is 22.5 Å². The molecule has 0 radical (unpaired) electrons. The van der Waals surface area contributed by atoms with Crippen molar-refractivity contribution in [3.05, 3.63) is 152 Å². The number of hydrogen-bond donors (Lipinski definition) is 2. The zero-order valence-corrected chi connectivity index (χ0v) is 21.7. The smallest absolute Gasteiger partial charge is 0.276 e. The maximum Gasteiger partial charge on any atom is 0.276 e. The third-order valence-electron chi connectivity index (χ3n) is 5.69. The highest BCUT2D eigenvalue weighted by Gasteiger charge is 2.18. The Labute approximate surface area is 234 Å². The van der Waals surface area contributed by atoms with E-state index < -0.39 is 16.7 Å². The summed E-state index contributed by atoms with van der Waals surface area (Å²) in [5.74, 6) is -1.50. The molecule has 0 fully saturated rings. The molecule has 2 amide bonds. The first-order chi connectivity index (χ1) is 19.3. The Bertz CT molecular complexity index is 1610. The number of allylic oxidation sites excluding steroid dienone is 1. The fourth-order valence-electron chi connectivity index (χ4n) is 3.63. The number of amides is 2. The lowest BCUT2D eigenvalue weighted by molar-refractivity contribution is -0.385. The second kappa shape index (κ2) is 12.9. The number of nitrogens with one attached hydrogen (secondary N) is 2. The maximum absolute atomic E-state index is 13.2. The van der Waals surface area contributed by atoms with E-state index in [1.165, 1.54) is 30.4 Å². The van der Waals surface area contributed by atoms with E-state index >= 15 is 0 Å². The second-order valence-electron chi connectivity index (χ2n) is 8.47. The van der Waals surface area contributed by atoms with E-state index in [1.807, 2.05) is 0 Å². The molecular formula is C31H22ClN3O5. The molecule has 0 saturated heterocycles. The van der Waals surface area contributed by atoms with Crippen LogP contribution in [0.15, 0.2) is 115 Å². The quantitative estimate of drug-likeness (QED) is 0.106. The van der Waals surface area contributed by atoms with Crippen molar-refractivity contribution < 1.29 is 19.3 Å². The minimum atomic E-state index is -0.704. The molecule has 0 aliphatic heterocycles. The first-order valence-corrected chi connectivity index (χ1v) is 12.4. The SMILES string of the molecule is O=C(Nc1ccc(C(=O)/C=C/c2ccc(Cl)cc2)cc1)/C(=C/c1ccccc1[N+](=O)[O-])NC(=O)c1ccccc1. The Hall–Kier alpha value is -5.34. The van der Waals surface area contributed by atoms with Crippen LogP contribution in [0.25, 0.3) is 12.2 Å². The Balaban J connectivity index is 1.54. The molecule has 8 nitrogen and oxygen atoms in total. The van der Waals surface area contributed by atoms with Gasteiger partial charge in [-0.1, -0.05) is 60.1 Å². The van der Waals surface area contributed by atoms with Gasteiger partial charge in [0.2, 0.25) is 0 Å². The Morgan fingerprint density at radius 2 is 1.43 bits per heavy atom. The zero-order valence-electron chi connectivity index (χ0n) is 20.9. The first kappa shape index (κ1) is 27.7. The third kappa shape index (κ3) is 7.37. The molecule has 4 aromatic rings. The number of nitro groups is 1. The van der Waals surface area contributed by atoms with E-state index in [0.29, 0.717) is 21.8 Å². The van der Waals surface area contributed by atoms with Gasteiger partial charge >= 0.3 is 0 Å². The topological polar surface area (TPSA) is 118 Å². The number of carbonyl (C=O) groups excluding carboxylic acids is 3. The summed E-state index contributed by atoms with van der Waals surface area (Å²) in [7, 11) is 0. The van der Waals surface area contributed by atoms with Crippen LogP contribution in [-0.2, 0) is 4.79 Å². The zero-order chi connectivity index (χ0) is 28.5. The first-order valence-electron chi connectivity index (χ1n) is 12.0. The van der Waals surface area contributed by atoms with Crippen molar-refractivity contribution in [1.82, 2.24) is 5.32 Å². The maximum atomic E-state index is 13.2. The predicted octanol–water partition coefficient (Wildman–Crippen LogP) is 6.55. The van der Waals surface area contributed by atoms with Crippen molar-refractivity contribution in [3.63, 3.8) is 0 Å². The van der Waals surface area contributed by atoms with Gasteiger partial charge in [0.15, 0.2) is 5.78 Å². The standard InChI is InChI=1S/C31H22ClN3O5/c32-25-15-10-21(11-16-25)12-19-29(36)22-13-17-26(18-14-22)33-31(38)27(34-30(37)23-6-2-1-3-7-23)20-24-8-4-5-9-28(24)35(39)40/h1-20H,(H,33,38)(H,34,37)/b19-12+,27-20-. The van der Waals surface area contributed by atoms with E-state index in [9.17, 15) is 24.5 Å². The number of ketones is 1. The molecule has 198 valence electrons. The molecule has 0 spiro atoms. The van der Waals surface area contributed by atoms with Crippen LogP contribution in [0.5, 0.6) is 0 Å². The molecule has 0 unspecified atom stereocenters. The van der Waals surface area contributed by atoms with Crippen molar-refractivity contribution >= 4 is 52.7 Å². The van der Waals surface area contributed by atoms with Gasteiger partial charge in [-0.25, -0.2) is 0 Å². The molecule has 0 aromatic heterocycles. The normalized spacial score (nSPS) is 11.2. The molecule has 0 bridgehead atoms. The number of halogens is 1. The lowest BCUT2D eigenvalue weighted by Crippen LogP contribution is -2.30. The highest BCUT2D eigenvalue weighted by Crippen LogP contribution is 2.21. The summed E-state index contributed by atoms with van der Waals surface area (Å²) in [5.41, 5.74) is 1.59. The van der Waals surface area contributed by atoms with E-state index in [4.69, 9.17) is 11.6 Å². The Kier molecular flexibility index (Phi) is 8.96. The lowest BCUT2D eigenvalue weighted by Gasteiger charge is -2.12. The summed E-state index contributed by atoms with van der Waals surface area (Å²) in [5, 5.41) is 17.3. The fourth-order valence-corrected chi connectivity index (χ4v) is 3.76. The third-order valence-corrected chi connectivity index (χ3v) is 5.94. The molecule has 4 aromatic carbocycles. The van der Waals surface area contributed by atoms with Gasteiger partial charge in [0.1, 0.15) is 5.70 Å². The molecule has 0 aliphatic rings. The van der Waals surface area contributed by atoms with Crippen molar-refractivity contribution in [2.45, 2.75) is 0 Å². The van der Waals surface area contributed by atoms with E-state index in [0.717, 1.165) is 5.56 Å². The minimum absolute atomic E-state index is 0.138. The van der Waals surface area contributed by atoms with Gasteiger partial charge in [-0.2, -0.15) is 0 Å². The largest absolute Gasteiger partial charge is 0.321 e. The predicted molar refractivity (Wildman–Crippen MR) is 155 cm³/mol. The minimum Gasteiger partial charge on any atom is -0.321 e. The van der Waals surface area contributed by atoms with Gasteiger partial charge in [-0.05, 0) is 72.3 Å². The Morgan fingerprint density at radius 3 is 2.10 bits per heavy atom. The number of anilines is 1. The number of para-hydroxylation sites is 1. The summed E-state index contributed by atoms with van der Waals surface area (Å²) < 4.78 is 0. The van der Waals surface area contributed by atoms with Gasteiger partial charge in [0.05, 0.1) is 10.5 Å². The van der Waals surface area contributed by atoms with Crippen molar-refractivity contribution in [3.8, 4) is 0 Å². The number of rotatable bonds is 9. The molecule has 0 aliphatic carbocycles.